The van der Waals surface area contributed by atoms with E-state index in [1.165, 1.54) is 18.6 Å². The van der Waals surface area contributed by atoms with E-state index in [9.17, 15) is 9.50 Å². The van der Waals surface area contributed by atoms with E-state index >= 15 is 0 Å². The molecule has 0 atom stereocenters. The highest BCUT2D eigenvalue weighted by Gasteiger charge is 2.20. The van der Waals surface area contributed by atoms with E-state index < -0.39 is 0 Å². The lowest BCUT2D eigenvalue weighted by Crippen LogP contribution is -2.31. The van der Waals surface area contributed by atoms with Crippen LogP contribution < -0.4 is 5.32 Å². The van der Waals surface area contributed by atoms with Gasteiger partial charge < -0.3 is 10.4 Å². The van der Waals surface area contributed by atoms with E-state index in [2.05, 4.69) is 20.4 Å². The lowest BCUT2D eigenvalue weighted by Gasteiger charge is -2.27. The van der Waals surface area contributed by atoms with Crippen LogP contribution in [0.25, 0.3) is 10.9 Å². The minimum Gasteiger partial charge on any atom is -0.493 e. The third kappa shape index (κ3) is 3.39. The first kappa shape index (κ1) is 16.8. The highest BCUT2D eigenvalue weighted by atomic mass is 32.1. The van der Waals surface area contributed by atoms with Crippen molar-refractivity contribution < 1.29 is 9.50 Å². The quantitative estimate of drug-likeness (QED) is 0.657. The van der Waals surface area contributed by atoms with Gasteiger partial charge in [0.05, 0.1) is 12.2 Å². The van der Waals surface area contributed by atoms with Gasteiger partial charge in [0.2, 0.25) is 11.0 Å². The van der Waals surface area contributed by atoms with Crippen LogP contribution in [0.2, 0.25) is 0 Å². The smallest absolute Gasteiger partial charge is 0.221 e. The van der Waals surface area contributed by atoms with E-state index in [0.29, 0.717) is 12.1 Å². The predicted molar refractivity (Wildman–Crippen MR) is 95.2 cm³/mol. The number of hydrogen-bond acceptors (Lipinski definition) is 4. The maximum absolute atomic E-state index is 13.7. The third-order valence-electron chi connectivity index (χ3n) is 4.22. The number of aromatic nitrogens is 1. The summed E-state index contributed by atoms with van der Waals surface area (Å²) in [4.78, 5) is 2.27. The molecule has 8 heteroatoms. The van der Waals surface area contributed by atoms with Crippen molar-refractivity contribution in [1.82, 2.24) is 14.8 Å². The molecule has 0 unspecified atom stereocenters. The van der Waals surface area contributed by atoms with Crippen molar-refractivity contribution in [1.29, 1.82) is 0 Å². The molecule has 0 saturated carbocycles. The zero-order valence-electron chi connectivity index (χ0n) is 13.5. The van der Waals surface area contributed by atoms with Gasteiger partial charge in [-0.05, 0) is 56.3 Å². The van der Waals surface area contributed by atoms with Crippen molar-refractivity contribution in [3.05, 3.63) is 24.0 Å². The minimum atomic E-state index is -0.384. The van der Waals surface area contributed by atoms with Gasteiger partial charge in [0.1, 0.15) is 5.82 Å². The zero-order valence-corrected chi connectivity index (χ0v) is 14.3. The lowest BCUT2D eigenvalue weighted by molar-refractivity contribution is 0.178. The van der Waals surface area contributed by atoms with Gasteiger partial charge >= 0.3 is 0 Å². The summed E-state index contributed by atoms with van der Waals surface area (Å²) >= 11 is 4.94. The second kappa shape index (κ2) is 7.23. The normalized spacial score (nSPS) is 16.1. The Balaban J connectivity index is 2.03. The molecular weight excluding hydrogens is 329 g/mol. The van der Waals surface area contributed by atoms with Crippen LogP contribution in [0.5, 0.6) is 5.88 Å². The first-order valence-corrected chi connectivity index (χ1v) is 8.37. The number of likely N-dealkylation sites (tertiary alicyclic amines) is 1. The third-order valence-corrected chi connectivity index (χ3v) is 4.50. The number of halogens is 1. The number of hydrogen-bond donors (Lipinski definition) is 2. The average molecular weight is 349 g/mol. The highest BCUT2D eigenvalue weighted by Crippen LogP contribution is 2.39. The van der Waals surface area contributed by atoms with Gasteiger partial charge in [-0.15, -0.1) is 10.2 Å². The Labute approximate surface area is 145 Å². The number of piperidine rings is 1. The number of aromatic hydroxyl groups is 1. The second-order valence-corrected chi connectivity index (χ2v) is 6.22. The van der Waals surface area contributed by atoms with Gasteiger partial charge in [0.25, 0.3) is 0 Å². The second-order valence-electron chi connectivity index (χ2n) is 5.84. The lowest BCUT2D eigenvalue weighted by atomic mass is 10.1. The number of nitrogens with zero attached hydrogens (tertiary/aromatic N) is 4. The Morgan fingerprint density at radius 2 is 2.08 bits per heavy atom. The highest BCUT2D eigenvalue weighted by molar-refractivity contribution is 7.80. The number of fused-ring (bicyclic) bond motifs is 1. The van der Waals surface area contributed by atoms with Crippen LogP contribution in [0, 0.1) is 5.82 Å². The predicted octanol–water partition coefficient (Wildman–Crippen LogP) is 3.52. The fraction of sp³-hybridized carbons (Fsp3) is 0.438. The molecule has 128 valence electrons. The molecule has 0 radical (unpaired) electrons. The SMILES string of the molecule is CNC(=S)N=Nc1c(O)n(CN2CCCCC2)c2ccc(F)cc12. The van der Waals surface area contributed by atoms with Gasteiger partial charge in [0.15, 0.2) is 5.69 Å². The van der Waals surface area contributed by atoms with Crippen LogP contribution in [-0.4, -0.2) is 39.8 Å². The van der Waals surface area contributed by atoms with Crippen LogP contribution in [-0.2, 0) is 6.67 Å². The van der Waals surface area contributed by atoms with Crippen molar-refractivity contribution in [3.8, 4) is 5.88 Å². The first-order valence-electron chi connectivity index (χ1n) is 7.96. The molecule has 1 aliphatic rings. The molecule has 3 rings (SSSR count). The summed E-state index contributed by atoms with van der Waals surface area (Å²) < 4.78 is 15.4. The van der Waals surface area contributed by atoms with Crippen molar-refractivity contribution in [2.75, 3.05) is 20.1 Å². The molecule has 24 heavy (non-hydrogen) atoms. The summed E-state index contributed by atoms with van der Waals surface area (Å²) in [6.07, 6.45) is 3.54. The van der Waals surface area contributed by atoms with Gasteiger partial charge in [-0.3, -0.25) is 9.47 Å². The Morgan fingerprint density at radius 3 is 2.79 bits per heavy atom. The largest absolute Gasteiger partial charge is 0.493 e. The molecule has 2 aromatic rings. The number of thiocarbonyl (C=S) groups is 1. The van der Waals surface area contributed by atoms with Crippen LogP contribution in [0.1, 0.15) is 19.3 Å². The molecule has 1 aliphatic heterocycles. The van der Waals surface area contributed by atoms with Gasteiger partial charge in [-0.2, -0.15) is 0 Å². The van der Waals surface area contributed by atoms with Gasteiger partial charge in [-0.1, -0.05) is 6.42 Å². The molecule has 0 aliphatic carbocycles. The topological polar surface area (TPSA) is 65.2 Å². The van der Waals surface area contributed by atoms with E-state index in [0.717, 1.165) is 31.4 Å². The van der Waals surface area contributed by atoms with Crippen molar-refractivity contribution in [2.24, 2.45) is 10.2 Å². The Hall–Kier alpha value is -2.06. The van der Waals surface area contributed by atoms with Gasteiger partial charge in [-0.25, -0.2) is 4.39 Å². The molecule has 0 spiro atoms. The zero-order chi connectivity index (χ0) is 17.1. The van der Waals surface area contributed by atoms with Gasteiger partial charge in [0, 0.05) is 12.4 Å². The summed E-state index contributed by atoms with van der Waals surface area (Å²) in [7, 11) is 1.64. The maximum Gasteiger partial charge on any atom is 0.221 e. The Morgan fingerprint density at radius 1 is 1.33 bits per heavy atom. The molecule has 6 nitrogen and oxygen atoms in total. The Bertz CT molecular complexity index is 782. The molecular formula is C16H20FN5OS. The fourth-order valence-electron chi connectivity index (χ4n) is 2.98. The Kier molecular flexibility index (Phi) is 5.06. The monoisotopic (exact) mass is 349 g/mol. The number of benzene rings is 1. The van der Waals surface area contributed by atoms with Crippen LogP contribution in [0.3, 0.4) is 0 Å². The molecule has 2 heterocycles. The fourth-order valence-corrected chi connectivity index (χ4v) is 3.02. The summed E-state index contributed by atoms with van der Waals surface area (Å²) in [6, 6.07) is 4.40. The standard InChI is InChI=1S/C16H20FN5OS/c1-18-16(24)20-19-14-12-9-11(17)5-6-13(12)22(15(14)23)10-21-7-3-2-4-8-21/h5-6,9,23H,2-4,7-8,10H2,1H3,(H,18,24). The van der Waals surface area contributed by atoms with Crippen LogP contribution in [0.15, 0.2) is 28.4 Å². The maximum atomic E-state index is 13.7. The summed E-state index contributed by atoms with van der Waals surface area (Å²) in [5.74, 6) is -0.408. The summed E-state index contributed by atoms with van der Waals surface area (Å²) in [6.45, 7) is 2.52. The first-order chi connectivity index (χ1) is 11.6. The van der Waals surface area contributed by atoms with Crippen molar-refractivity contribution in [2.45, 2.75) is 25.9 Å². The van der Waals surface area contributed by atoms with E-state index in [4.69, 9.17) is 12.2 Å². The molecule has 0 amide bonds. The minimum absolute atomic E-state index is 0.0242. The molecule has 2 N–H and O–H groups in total. The number of rotatable bonds is 3. The van der Waals surface area contributed by atoms with Crippen LogP contribution in [0.4, 0.5) is 10.1 Å². The molecule has 1 fully saturated rings. The van der Waals surface area contributed by atoms with Crippen molar-refractivity contribution in [3.63, 3.8) is 0 Å². The molecule has 1 aromatic heterocycles. The molecule has 0 bridgehead atoms. The van der Waals surface area contributed by atoms with E-state index in [-0.39, 0.29) is 22.5 Å². The van der Waals surface area contributed by atoms with E-state index in [1.807, 2.05) is 0 Å². The number of nitrogens with one attached hydrogen (secondary N) is 1. The summed E-state index contributed by atoms with van der Waals surface area (Å²) in [5.41, 5.74) is 0.961. The van der Waals surface area contributed by atoms with E-state index in [1.54, 1.807) is 17.7 Å². The van der Waals surface area contributed by atoms with Crippen molar-refractivity contribution >= 4 is 33.9 Å². The average Bonchev–Trinajstić information content (AvgIpc) is 2.85. The molecule has 1 saturated heterocycles. The van der Waals surface area contributed by atoms with Crippen LogP contribution >= 0.6 is 12.2 Å². The molecule has 1 aromatic carbocycles. The number of azo groups is 1. The summed E-state index contributed by atoms with van der Waals surface area (Å²) in [5, 5.41) is 21.9.